The van der Waals surface area contributed by atoms with Gasteiger partial charge in [-0.2, -0.15) is 0 Å². The van der Waals surface area contributed by atoms with Crippen LogP contribution in [0.15, 0.2) is 0 Å². The summed E-state index contributed by atoms with van der Waals surface area (Å²) in [7, 11) is 0. The van der Waals surface area contributed by atoms with Crippen molar-refractivity contribution in [2.75, 3.05) is 0 Å². The first-order chi connectivity index (χ1) is 14.2. The Morgan fingerprint density at radius 1 is 0.621 bits per heavy atom. The predicted molar refractivity (Wildman–Crippen MR) is 129 cm³/mol. The van der Waals surface area contributed by atoms with Crippen LogP contribution in [-0.4, -0.2) is 0 Å². The number of hydrogen-bond donors (Lipinski definition) is 0. The first-order valence-corrected chi connectivity index (χ1v) is 14.2. The molecule has 0 aliphatic heterocycles. The van der Waals surface area contributed by atoms with Crippen molar-refractivity contribution in [3.63, 3.8) is 0 Å². The van der Waals surface area contributed by atoms with Gasteiger partial charge in [0.2, 0.25) is 0 Å². The van der Waals surface area contributed by atoms with Gasteiger partial charge in [-0.3, -0.25) is 0 Å². The van der Waals surface area contributed by atoms with Crippen molar-refractivity contribution in [2.24, 2.45) is 41.4 Å². The molecule has 4 rings (SSSR count). The van der Waals surface area contributed by atoms with Crippen molar-refractivity contribution >= 4 is 0 Å². The number of hydrogen-bond acceptors (Lipinski definition) is 0. The zero-order valence-electron chi connectivity index (χ0n) is 20.5. The van der Waals surface area contributed by atoms with Gasteiger partial charge in [0.05, 0.1) is 0 Å². The second kappa shape index (κ2) is 12.8. The van der Waals surface area contributed by atoms with Crippen LogP contribution in [-0.2, 0) is 0 Å². The van der Waals surface area contributed by atoms with Crippen molar-refractivity contribution < 1.29 is 0 Å². The van der Waals surface area contributed by atoms with E-state index in [2.05, 4.69) is 20.8 Å². The molecule has 5 unspecified atom stereocenters. The fourth-order valence-corrected chi connectivity index (χ4v) is 8.01. The fourth-order valence-electron chi connectivity index (χ4n) is 8.01. The molecule has 170 valence electrons. The normalized spacial score (nSPS) is 37.1. The van der Waals surface area contributed by atoms with Crippen molar-refractivity contribution in [1.82, 2.24) is 0 Å². The first kappa shape index (κ1) is 23.7. The van der Waals surface area contributed by atoms with Crippen LogP contribution < -0.4 is 0 Å². The van der Waals surface area contributed by atoms with Gasteiger partial charge < -0.3 is 0 Å². The molecule has 0 radical (unpaired) electrons. The van der Waals surface area contributed by atoms with Gasteiger partial charge in [0.15, 0.2) is 0 Å². The third-order valence-electron chi connectivity index (χ3n) is 9.59. The Kier molecular flexibility index (Phi) is 10.4. The number of rotatable bonds is 4. The highest BCUT2D eigenvalue weighted by Gasteiger charge is 2.47. The summed E-state index contributed by atoms with van der Waals surface area (Å²) in [6.45, 7) is 7.37. The minimum Gasteiger partial charge on any atom is -0.0654 e. The Balaban J connectivity index is 0.000000204. The Morgan fingerprint density at radius 2 is 1.21 bits per heavy atom. The highest BCUT2D eigenvalue weighted by atomic mass is 14.5. The molecule has 0 heteroatoms. The summed E-state index contributed by atoms with van der Waals surface area (Å²) in [5.41, 5.74) is 0. The average Bonchev–Trinajstić information content (AvgIpc) is 3.41. The van der Waals surface area contributed by atoms with Gasteiger partial charge in [-0.15, -0.1) is 0 Å². The molecule has 0 spiro atoms. The maximum absolute atomic E-state index is 2.59. The highest BCUT2D eigenvalue weighted by molar-refractivity contribution is 4.97. The van der Waals surface area contributed by atoms with Crippen LogP contribution in [0.5, 0.6) is 0 Å². The Hall–Kier alpha value is 0. The van der Waals surface area contributed by atoms with Gasteiger partial charge in [0, 0.05) is 0 Å². The zero-order chi connectivity index (χ0) is 20.5. The second-order valence-electron chi connectivity index (χ2n) is 11.8. The monoisotopic (exact) mass is 402 g/mol. The van der Waals surface area contributed by atoms with Gasteiger partial charge in [0.25, 0.3) is 0 Å². The molecular weight excluding hydrogens is 348 g/mol. The average molecular weight is 403 g/mol. The van der Waals surface area contributed by atoms with Crippen molar-refractivity contribution in [3.8, 4) is 0 Å². The van der Waals surface area contributed by atoms with Gasteiger partial charge in [-0.1, -0.05) is 124 Å². The summed E-state index contributed by atoms with van der Waals surface area (Å²) in [5, 5.41) is 0. The van der Waals surface area contributed by atoms with E-state index in [1.54, 1.807) is 44.9 Å². The zero-order valence-corrected chi connectivity index (χ0v) is 20.5. The van der Waals surface area contributed by atoms with Crippen LogP contribution in [0.25, 0.3) is 0 Å². The molecule has 4 fully saturated rings. The SMILES string of the molecule is CC1CCCCCCCC1.CCCCC1C(C)CC2CCCC2C1C1CCCC1. The van der Waals surface area contributed by atoms with Gasteiger partial charge in [0.1, 0.15) is 0 Å². The maximum Gasteiger partial charge on any atom is -0.0324 e. The highest BCUT2D eigenvalue weighted by Crippen LogP contribution is 2.56. The van der Waals surface area contributed by atoms with E-state index in [0.717, 1.165) is 41.4 Å². The Bertz CT molecular complexity index is 410. The predicted octanol–water partition coefficient (Wildman–Crippen LogP) is 9.81. The molecular formula is C29H54. The van der Waals surface area contributed by atoms with Crippen LogP contribution in [0.3, 0.4) is 0 Å². The van der Waals surface area contributed by atoms with E-state index >= 15 is 0 Å². The van der Waals surface area contributed by atoms with E-state index in [1.165, 1.54) is 77.0 Å². The van der Waals surface area contributed by atoms with Crippen LogP contribution in [0.2, 0.25) is 0 Å². The van der Waals surface area contributed by atoms with Crippen LogP contribution in [0.1, 0.15) is 143 Å². The van der Waals surface area contributed by atoms with Gasteiger partial charge in [-0.05, 0) is 60.7 Å². The third kappa shape index (κ3) is 7.00. The van der Waals surface area contributed by atoms with Crippen LogP contribution in [0.4, 0.5) is 0 Å². The topological polar surface area (TPSA) is 0 Å². The molecule has 0 N–H and O–H groups in total. The van der Waals surface area contributed by atoms with E-state index < -0.39 is 0 Å². The summed E-state index contributed by atoms with van der Waals surface area (Å²) in [4.78, 5) is 0. The lowest BCUT2D eigenvalue weighted by molar-refractivity contribution is 0.0160. The smallest absolute Gasteiger partial charge is 0.0324 e. The lowest BCUT2D eigenvalue weighted by Crippen LogP contribution is -2.40. The van der Waals surface area contributed by atoms with Crippen molar-refractivity contribution in [2.45, 2.75) is 143 Å². The van der Waals surface area contributed by atoms with Crippen LogP contribution >= 0.6 is 0 Å². The quantitative estimate of drug-likeness (QED) is 0.439. The van der Waals surface area contributed by atoms with Gasteiger partial charge in [-0.25, -0.2) is 0 Å². The molecule has 0 aromatic rings. The summed E-state index contributed by atoms with van der Waals surface area (Å²) in [6, 6.07) is 0. The molecule has 0 aromatic heterocycles. The van der Waals surface area contributed by atoms with Crippen LogP contribution in [0, 0.1) is 41.4 Å². The Morgan fingerprint density at radius 3 is 1.86 bits per heavy atom. The minimum atomic E-state index is 1.01. The summed E-state index contributed by atoms with van der Waals surface area (Å²) < 4.78 is 0. The minimum absolute atomic E-state index is 1.01. The van der Waals surface area contributed by atoms with E-state index in [4.69, 9.17) is 0 Å². The van der Waals surface area contributed by atoms with Crippen molar-refractivity contribution in [1.29, 1.82) is 0 Å². The number of fused-ring (bicyclic) bond motifs is 1. The standard InChI is InChI=1S/C19H34.C10H20/c1-3-4-11-17-14(2)13-16-10-7-12-18(16)19(17)15-8-5-6-9-15;1-10-8-6-4-2-3-5-7-9-10/h14-19H,3-13H2,1-2H3;10H,2-9H2,1H3. The molecule has 0 nitrogen and oxygen atoms in total. The van der Waals surface area contributed by atoms with E-state index in [-0.39, 0.29) is 0 Å². The lowest BCUT2D eigenvalue weighted by atomic mass is 9.58. The molecule has 0 heterocycles. The molecule has 0 saturated heterocycles. The summed E-state index contributed by atoms with van der Waals surface area (Å²) in [5.74, 6) is 7.64. The molecule has 0 amide bonds. The Labute approximate surface area is 184 Å². The molecule has 0 aromatic carbocycles. The maximum atomic E-state index is 2.59. The summed E-state index contributed by atoms with van der Waals surface area (Å²) in [6.07, 6.45) is 28.8. The molecule has 5 atom stereocenters. The molecule has 0 bridgehead atoms. The fraction of sp³-hybridized carbons (Fsp3) is 1.00. The summed E-state index contributed by atoms with van der Waals surface area (Å²) >= 11 is 0. The second-order valence-corrected chi connectivity index (χ2v) is 11.8. The van der Waals surface area contributed by atoms with E-state index in [0.29, 0.717) is 0 Å². The first-order valence-electron chi connectivity index (χ1n) is 14.2. The molecule has 4 aliphatic rings. The molecule has 4 aliphatic carbocycles. The third-order valence-corrected chi connectivity index (χ3v) is 9.59. The lowest BCUT2D eigenvalue weighted by Gasteiger charge is -2.47. The molecule has 29 heavy (non-hydrogen) atoms. The molecule has 4 saturated carbocycles. The van der Waals surface area contributed by atoms with E-state index in [9.17, 15) is 0 Å². The van der Waals surface area contributed by atoms with Gasteiger partial charge >= 0.3 is 0 Å². The largest absolute Gasteiger partial charge is 0.0654 e. The number of unbranched alkanes of at least 4 members (excludes halogenated alkanes) is 1. The van der Waals surface area contributed by atoms with E-state index in [1.807, 2.05) is 0 Å². The van der Waals surface area contributed by atoms with Crippen molar-refractivity contribution in [3.05, 3.63) is 0 Å².